The molecule has 1 saturated heterocycles. The fraction of sp³-hybridized carbons (Fsp3) is 0.611. The van der Waals surface area contributed by atoms with Crippen LogP contribution in [0.1, 0.15) is 56.5 Å². The van der Waals surface area contributed by atoms with Gasteiger partial charge in [0.2, 0.25) is 0 Å². The van der Waals surface area contributed by atoms with Crippen LogP contribution in [0.3, 0.4) is 0 Å². The van der Waals surface area contributed by atoms with E-state index >= 15 is 0 Å². The second-order valence-electron chi connectivity index (χ2n) is 7.32. The van der Waals surface area contributed by atoms with E-state index in [1.165, 1.54) is 5.56 Å². The number of piperidine rings is 1. The molecule has 0 saturated carbocycles. The average Bonchev–Trinajstić information content (AvgIpc) is 2.46. The summed E-state index contributed by atoms with van der Waals surface area (Å²) in [6, 6.07) is 8.29. The van der Waals surface area contributed by atoms with Crippen LogP contribution in [0, 0.1) is 5.92 Å². The Morgan fingerprint density at radius 2 is 1.71 bits per heavy atom. The van der Waals surface area contributed by atoms with Gasteiger partial charge in [-0.05, 0) is 48.8 Å². The molecule has 3 heteroatoms. The van der Waals surface area contributed by atoms with E-state index in [0.29, 0.717) is 5.92 Å². The van der Waals surface area contributed by atoms with Crippen molar-refractivity contribution in [1.82, 2.24) is 4.90 Å². The maximum absolute atomic E-state index is 12.5. The normalized spacial score (nSPS) is 18.6. The van der Waals surface area contributed by atoms with Gasteiger partial charge in [0.1, 0.15) is 0 Å². The summed E-state index contributed by atoms with van der Waals surface area (Å²) in [6.07, 6.45) is 2.03. The molecule has 1 aliphatic heterocycles. The van der Waals surface area contributed by atoms with E-state index in [2.05, 4.69) is 39.8 Å². The molecular formula is C18H28N2O. The van der Waals surface area contributed by atoms with Crippen LogP contribution in [0.15, 0.2) is 24.3 Å². The highest BCUT2D eigenvalue weighted by Gasteiger charge is 2.25. The van der Waals surface area contributed by atoms with Crippen LogP contribution in [-0.2, 0) is 5.41 Å². The molecule has 2 N–H and O–H groups in total. The van der Waals surface area contributed by atoms with Gasteiger partial charge >= 0.3 is 0 Å². The third kappa shape index (κ3) is 3.85. The lowest BCUT2D eigenvalue weighted by Crippen LogP contribution is -2.42. The van der Waals surface area contributed by atoms with Crippen LogP contribution in [-0.4, -0.2) is 29.9 Å². The molecule has 0 bridgehead atoms. The van der Waals surface area contributed by atoms with Crippen LogP contribution in [0.5, 0.6) is 0 Å². The Kier molecular flexibility index (Phi) is 4.72. The molecule has 1 unspecified atom stereocenters. The summed E-state index contributed by atoms with van der Waals surface area (Å²) in [4.78, 5) is 14.5. The van der Waals surface area contributed by atoms with Crippen molar-refractivity contribution in [2.75, 3.05) is 13.1 Å². The van der Waals surface area contributed by atoms with Gasteiger partial charge in [0.05, 0.1) is 0 Å². The summed E-state index contributed by atoms with van der Waals surface area (Å²) in [5, 5.41) is 0. The van der Waals surface area contributed by atoms with Crippen molar-refractivity contribution < 1.29 is 4.79 Å². The topological polar surface area (TPSA) is 46.3 Å². The van der Waals surface area contributed by atoms with Crippen LogP contribution in [0.2, 0.25) is 0 Å². The second-order valence-corrected chi connectivity index (χ2v) is 7.32. The zero-order valence-corrected chi connectivity index (χ0v) is 13.7. The number of carbonyl (C=O) groups is 1. The average molecular weight is 288 g/mol. The van der Waals surface area contributed by atoms with Gasteiger partial charge in [0.15, 0.2) is 0 Å². The van der Waals surface area contributed by atoms with Gasteiger partial charge in [-0.1, -0.05) is 32.9 Å². The summed E-state index contributed by atoms with van der Waals surface area (Å²) in [7, 11) is 0. The predicted molar refractivity (Wildman–Crippen MR) is 87.4 cm³/mol. The van der Waals surface area contributed by atoms with Gasteiger partial charge in [-0.2, -0.15) is 0 Å². The summed E-state index contributed by atoms with van der Waals surface area (Å²) in [6.45, 7) is 10.3. The third-order valence-corrected chi connectivity index (χ3v) is 4.57. The lowest BCUT2D eigenvalue weighted by atomic mass is 9.86. The maximum atomic E-state index is 12.5. The smallest absolute Gasteiger partial charge is 0.253 e. The molecule has 21 heavy (non-hydrogen) atoms. The molecule has 1 fully saturated rings. The largest absolute Gasteiger partial charge is 0.339 e. The number of carbonyl (C=O) groups excluding carboxylic acids is 1. The van der Waals surface area contributed by atoms with Crippen molar-refractivity contribution in [1.29, 1.82) is 0 Å². The fourth-order valence-corrected chi connectivity index (χ4v) is 2.92. The minimum atomic E-state index is 0.122. The Morgan fingerprint density at radius 1 is 1.19 bits per heavy atom. The fourth-order valence-electron chi connectivity index (χ4n) is 2.92. The summed E-state index contributed by atoms with van der Waals surface area (Å²) in [5.41, 5.74) is 8.13. The van der Waals surface area contributed by atoms with Crippen molar-refractivity contribution in [3.05, 3.63) is 35.4 Å². The molecule has 1 aliphatic rings. The van der Waals surface area contributed by atoms with Crippen LogP contribution in [0.25, 0.3) is 0 Å². The van der Waals surface area contributed by atoms with Gasteiger partial charge in [0.25, 0.3) is 5.91 Å². The first-order valence-corrected chi connectivity index (χ1v) is 7.94. The van der Waals surface area contributed by atoms with Crippen LogP contribution < -0.4 is 5.73 Å². The lowest BCUT2D eigenvalue weighted by molar-refractivity contribution is 0.0681. The minimum absolute atomic E-state index is 0.122. The van der Waals surface area contributed by atoms with Gasteiger partial charge in [-0.3, -0.25) is 4.79 Å². The van der Waals surface area contributed by atoms with E-state index in [9.17, 15) is 4.79 Å². The minimum Gasteiger partial charge on any atom is -0.339 e. The van der Waals surface area contributed by atoms with E-state index in [1.54, 1.807) is 0 Å². The van der Waals surface area contributed by atoms with Gasteiger partial charge < -0.3 is 10.6 Å². The van der Waals surface area contributed by atoms with Crippen LogP contribution in [0.4, 0.5) is 0 Å². The zero-order valence-electron chi connectivity index (χ0n) is 13.7. The van der Waals surface area contributed by atoms with Gasteiger partial charge in [0, 0.05) is 24.7 Å². The van der Waals surface area contributed by atoms with Gasteiger partial charge in [-0.25, -0.2) is 0 Å². The third-order valence-electron chi connectivity index (χ3n) is 4.57. The highest BCUT2D eigenvalue weighted by molar-refractivity contribution is 5.94. The highest BCUT2D eigenvalue weighted by atomic mass is 16.2. The van der Waals surface area contributed by atoms with E-state index in [0.717, 1.165) is 31.5 Å². The predicted octanol–water partition coefficient (Wildman–Crippen LogP) is 3.18. The number of nitrogens with zero attached hydrogens (tertiary/aromatic N) is 1. The Hall–Kier alpha value is -1.35. The van der Waals surface area contributed by atoms with E-state index in [-0.39, 0.29) is 17.4 Å². The first kappa shape index (κ1) is 16.0. The van der Waals surface area contributed by atoms with Gasteiger partial charge in [-0.15, -0.1) is 0 Å². The molecule has 3 nitrogen and oxygen atoms in total. The molecule has 116 valence electrons. The van der Waals surface area contributed by atoms with Crippen molar-refractivity contribution in [3.8, 4) is 0 Å². The number of likely N-dealkylation sites (tertiary alicyclic amines) is 1. The van der Waals surface area contributed by atoms with Crippen molar-refractivity contribution in [2.45, 2.75) is 52.0 Å². The molecule has 1 atom stereocenters. The summed E-state index contributed by atoms with van der Waals surface area (Å²) >= 11 is 0. The standard InChI is InChI=1S/C18H28N2O/c1-13(19)14-9-11-20(12-10-14)17(21)15-5-7-16(8-6-15)18(2,3)4/h5-8,13-14H,9-12,19H2,1-4H3. The van der Waals surface area contributed by atoms with Crippen molar-refractivity contribution >= 4 is 5.91 Å². The molecule has 0 spiro atoms. The molecule has 1 aromatic rings. The maximum Gasteiger partial charge on any atom is 0.253 e. The second kappa shape index (κ2) is 6.18. The molecule has 0 aliphatic carbocycles. The Labute approximate surface area is 128 Å². The lowest BCUT2D eigenvalue weighted by Gasteiger charge is -2.33. The zero-order chi connectivity index (χ0) is 15.6. The number of benzene rings is 1. The number of nitrogens with two attached hydrogens (primary N) is 1. The van der Waals surface area contributed by atoms with Crippen molar-refractivity contribution in [3.63, 3.8) is 0 Å². The monoisotopic (exact) mass is 288 g/mol. The Balaban J connectivity index is 2.01. The summed E-state index contributed by atoms with van der Waals surface area (Å²) in [5.74, 6) is 0.705. The Bertz CT molecular complexity index is 477. The van der Waals surface area contributed by atoms with Crippen LogP contribution >= 0.6 is 0 Å². The molecule has 1 aromatic carbocycles. The van der Waals surface area contributed by atoms with Crippen molar-refractivity contribution in [2.24, 2.45) is 11.7 Å². The first-order valence-electron chi connectivity index (χ1n) is 7.94. The molecule has 0 radical (unpaired) electrons. The van der Waals surface area contributed by atoms with E-state index in [4.69, 9.17) is 5.73 Å². The highest BCUT2D eigenvalue weighted by Crippen LogP contribution is 2.24. The number of rotatable bonds is 2. The van der Waals surface area contributed by atoms with E-state index in [1.807, 2.05) is 17.0 Å². The Morgan fingerprint density at radius 3 is 2.14 bits per heavy atom. The summed E-state index contributed by atoms with van der Waals surface area (Å²) < 4.78 is 0. The molecule has 1 amide bonds. The SMILES string of the molecule is CC(N)C1CCN(C(=O)c2ccc(C(C)(C)C)cc2)CC1. The molecular weight excluding hydrogens is 260 g/mol. The number of hydrogen-bond donors (Lipinski definition) is 1. The first-order chi connectivity index (χ1) is 9.79. The number of hydrogen-bond acceptors (Lipinski definition) is 2. The molecule has 1 heterocycles. The number of amides is 1. The quantitative estimate of drug-likeness (QED) is 0.908. The molecule has 0 aromatic heterocycles. The molecule has 2 rings (SSSR count). The van der Waals surface area contributed by atoms with E-state index < -0.39 is 0 Å².